The molecule has 1 saturated heterocycles. The van der Waals surface area contributed by atoms with Gasteiger partial charge in [-0.25, -0.2) is 8.88 Å². The second-order valence-electron chi connectivity index (χ2n) is 2.54. The molecule has 9 nitrogen and oxygen atoms in total. The molecule has 1 aliphatic rings. The molecule has 5 N–H and O–H groups in total. The van der Waals surface area contributed by atoms with Gasteiger partial charge in [-0.2, -0.15) is 0 Å². The van der Waals surface area contributed by atoms with Crippen LogP contribution in [-0.4, -0.2) is 40.9 Å². The molecule has 0 amide bonds. The van der Waals surface area contributed by atoms with Crippen molar-refractivity contribution in [3.63, 3.8) is 0 Å². The van der Waals surface area contributed by atoms with Crippen molar-refractivity contribution >= 4 is 15.6 Å². The normalized spacial score (nSPS) is 19.8. The van der Waals surface area contributed by atoms with Crippen molar-refractivity contribution in [2.24, 2.45) is 0 Å². The van der Waals surface area contributed by atoms with Gasteiger partial charge in [0.2, 0.25) is 0 Å². The number of hydrogen-bond acceptors (Lipinski definition) is 6. The summed E-state index contributed by atoms with van der Waals surface area (Å²) in [4.78, 5) is 32.6. The monoisotopic (exact) mass is 286 g/mol. The first-order chi connectivity index (χ1) is 6.71. The summed E-state index contributed by atoms with van der Waals surface area (Å²) in [6.45, 7) is 4.56. The van der Waals surface area contributed by atoms with Crippen LogP contribution in [0.5, 0.6) is 0 Å². The minimum absolute atomic E-state index is 0. The molecule has 12 heteroatoms. The third-order valence-corrected chi connectivity index (χ3v) is 2.84. The van der Waals surface area contributed by atoms with Gasteiger partial charge in [0.05, 0.1) is 0 Å². The van der Waals surface area contributed by atoms with Gasteiger partial charge in [-0.3, -0.25) is 4.57 Å². The van der Waals surface area contributed by atoms with Crippen LogP contribution >= 0.6 is 15.6 Å². The maximum absolute atomic E-state index is 9.59. The van der Waals surface area contributed by atoms with Crippen molar-refractivity contribution in [3.8, 4) is 0 Å². The SMILES string of the molecule is C1CNCCN1.O=P([O-])(O)OP(=O)(O)O.[Na+]. The standard InChI is InChI=1S/C4H10N2.Na.H4O7P2/c1-2-6-4-3-5-1;;1-8(2,3)7-9(4,5)6/h5-6H,1-4H2;;(H2,1,2,3)(H2,4,5,6)/q;+1;/p-1. The van der Waals surface area contributed by atoms with Crippen molar-refractivity contribution in [1.82, 2.24) is 10.6 Å². The van der Waals surface area contributed by atoms with Crippen LogP contribution < -0.4 is 45.1 Å². The molecule has 1 heterocycles. The second kappa shape index (κ2) is 9.16. The molecular formula is C4H13N2NaO7P2. The van der Waals surface area contributed by atoms with Crippen LogP contribution in [0.3, 0.4) is 0 Å². The van der Waals surface area contributed by atoms with E-state index >= 15 is 0 Å². The van der Waals surface area contributed by atoms with Gasteiger partial charge in [0, 0.05) is 26.2 Å². The van der Waals surface area contributed by atoms with E-state index in [1.54, 1.807) is 0 Å². The molecule has 0 aromatic rings. The first kappa shape index (κ1) is 19.5. The van der Waals surface area contributed by atoms with Crippen LogP contribution in [0.15, 0.2) is 0 Å². The van der Waals surface area contributed by atoms with Crippen molar-refractivity contribution in [2.45, 2.75) is 0 Å². The Hall–Kier alpha value is 1.18. The third kappa shape index (κ3) is 17.6. The Bertz CT molecular complexity index is 230. The molecule has 92 valence electrons. The van der Waals surface area contributed by atoms with E-state index in [0.717, 1.165) is 26.2 Å². The molecule has 16 heavy (non-hydrogen) atoms. The fourth-order valence-corrected chi connectivity index (χ4v) is 1.81. The largest absolute Gasteiger partial charge is 1.00 e. The van der Waals surface area contributed by atoms with Gasteiger partial charge in [0.1, 0.15) is 0 Å². The molecule has 0 radical (unpaired) electrons. The summed E-state index contributed by atoms with van der Waals surface area (Å²) in [7, 11) is -10.4. The Morgan fingerprint density at radius 2 is 1.31 bits per heavy atom. The molecular weight excluding hydrogens is 273 g/mol. The number of rotatable bonds is 2. The van der Waals surface area contributed by atoms with Crippen molar-refractivity contribution in [1.29, 1.82) is 0 Å². The maximum Gasteiger partial charge on any atom is 1.00 e. The average Bonchev–Trinajstić information content (AvgIpc) is 2.01. The predicted octanol–water partition coefficient (Wildman–Crippen LogP) is -5.26. The topological polar surface area (TPSA) is 151 Å². The molecule has 1 rings (SSSR count). The summed E-state index contributed by atoms with van der Waals surface area (Å²) in [6, 6.07) is 0. The van der Waals surface area contributed by atoms with E-state index in [4.69, 9.17) is 14.7 Å². The Morgan fingerprint density at radius 3 is 1.38 bits per heavy atom. The van der Waals surface area contributed by atoms with Gasteiger partial charge >= 0.3 is 37.4 Å². The van der Waals surface area contributed by atoms with Gasteiger partial charge in [0.25, 0.3) is 7.82 Å². The molecule has 1 aliphatic heterocycles. The molecule has 0 saturated carbocycles. The van der Waals surface area contributed by atoms with Crippen molar-refractivity contribution in [3.05, 3.63) is 0 Å². The minimum atomic E-state index is -5.30. The summed E-state index contributed by atoms with van der Waals surface area (Å²) in [5, 5.41) is 6.44. The summed E-state index contributed by atoms with van der Waals surface area (Å²) in [6.07, 6.45) is 0. The van der Waals surface area contributed by atoms with E-state index in [-0.39, 0.29) is 29.6 Å². The molecule has 0 aromatic heterocycles. The number of hydrogen-bond donors (Lipinski definition) is 5. The fraction of sp³-hybridized carbons (Fsp3) is 1.00. The van der Waals surface area contributed by atoms with Crippen LogP contribution in [0.1, 0.15) is 0 Å². The summed E-state index contributed by atoms with van der Waals surface area (Å²) >= 11 is 0. The van der Waals surface area contributed by atoms with Gasteiger partial charge in [-0.05, 0) is 0 Å². The van der Waals surface area contributed by atoms with Crippen molar-refractivity contribution in [2.75, 3.05) is 26.2 Å². The molecule has 0 bridgehead atoms. The molecule has 0 aliphatic carbocycles. The minimum Gasteiger partial charge on any atom is -0.756 e. The Kier molecular flexibility index (Phi) is 11.2. The van der Waals surface area contributed by atoms with Crippen LogP contribution in [0.25, 0.3) is 0 Å². The molecule has 1 unspecified atom stereocenters. The van der Waals surface area contributed by atoms with E-state index in [2.05, 4.69) is 14.9 Å². The maximum atomic E-state index is 9.59. The summed E-state index contributed by atoms with van der Waals surface area (Å²) in [5.41, 5.74) is 0. The zero-order valence-corrected chi connectivity index (χ0v) is 12.5. The van der Waals surface area contributed by atoms with Gasteiger partial charge < -0.3 is 30.2 Å². The molecule has 0 spiro atoms. The second-order valence-corrected chi connectivity index (χ2v) is 5.11. The Labute approximate surface area is 115 Å². The van der Waals surface area contributed by atoms with Crippen LogP contribution in [0, 0.1) is 0 Å². The van der Waals surface area contributed by atoms with Gasteiger partial charge in [-0.15, -0.1) is 0 Å². The fourth-order valence-electron chi connectivity index (χ4n) is 0.738. The Morgan fingerprint density at radius 1 is 1.00 bits per heavy atom. The number of phosphoric acid groups is 2. The molecule has 1 atom stereocenters. The quantitative estimate of drug-likeness (QED) is 0.247. The van der Waals surface area contributed by atoms with Crippen LogP contribution in [0.2, 0.25) is 0 Å². The number of nitrogens with one attached hydrogen (secondary N) is 2. The number of piperazine rings is 1. The summed E-state index contributed by atoms with van der Waals surface area (Å²) in [5.74, 6) is 0. The van der Waals surface area contributed by atoms with Gasteiger partial charge in [0.15, 0.2) is 0 Å². The smallest absolute Gasteiger partial charge is 0.756 e. The van der Waals surface area contributed by atoms with E-state index in [0.29, 0.717) is 0 Å². The average molecular weight is 286 g/mol. The first-order valence-electron chi connectivity index (χ1n) is 3.93. The predicted molar refractivity (Wildman–Crippen MR) is 48.7 cm³/mol. The van der Waals surface area contributed by atoms with Crippen molar-refractivity contribution < 1.29 is 62.6 Å². The molecule has 0 aromatic carbocycles. The van der Waals surface area contributed by atoms with E-state index < -0.39 is 15.6 Å². The van der Waals surface area contributed by atoms with E-state index in [9.17, 15) is 14.0 Å². The zero-order chi connectivity index (χ0) is 11.9. The van der Waals surface area contributed by atoms with Gasteiger partial charge in [-0.1, -0.05) is 0 Å². The van der Waals surface area contributed by atoms with Crippen LogP contribution in [-0.2, 0) is 13.4 Å². The van der Waals surface area contributed by atoms with E-state index in [1.807, 2.05) is 0 Å². The third-order valence-electron chi connectivity index (χ3n) is 1.17. The van der Waals surface area contributed by atoms with E-state index in [1.165, 1.54) is 0 Å². The molecule has 1 fully saturated rings. The first-order valence-corrected chi connectivity index (χ1v) is 6.95. The summed E-state index contributed by atoms with van der Waals surface area (Å²) < 4.78 is 21.9. The van der Waals surface area contributed by atoms with Crippen LogP contribution in [0.4, 0.5) is 0 Å². The zero-order valence-electron chi connectivity index (χ0n) is 8.70. The Balaban J connectivity index is 0.